The van der Waals surface area contributed by atoms with Crippen molar-refractivity contribution < 1.29 is 0 Å². The minimum absolute atomic E-state index is 0.899. The number of rotatable bonds is 4. The first kappa shape index (κ1) is 17.8. The molecule has 5 rings (SSSR count). The molecule has 1 aromatic carbocycles. The van der Waals surface area contributed by atoms with Crippen LogP contribution in [0.2, 0.25) is 0 Å². The van der Waals surface area contributed by atoms with Crippen molar-refractivity contribution in [1.82, 2.24) is 14.9 Å². The second kappa shape index (κ2) is 7.64. The zero-order valence-corrected chi connectivity index (χ0v) is 17.2. The van der Waals surface area contributed by atoms with Gasteiger partial charge in [-0.05, 0) is 37.3 Å². The fourth-order valence-corrected chi connectivity index (χ4v) is 5.65. The number of piperazine rings is 1. The topological polar surface area (TPSA) is 32.3 Å². The first-order chi connectivity index (χ1) is 13.8. The number of hydrogen-bond acceptors (Lipinski definition) is 5. The summed E-state index contributed by atoms with van der Waals surface area (Å²) in [6.45, 7) is 7.27. The predicted molar refractivity (Wildman–Crippen MR) is 118 cm³/mol. The van der Waals surface area contributed by atoms with Gasteiger partial charge >= 0.3 is 0 Å². The van der Waals surface area contributed by atoms with Crippen molar-refractivity contribution in [2.24, 2.45) is 0 Å². The third-order valence-electron chi connectivity index (χ3n) is 5.80. The molecule has 1 aliphatic carbocycles. The number of aromatic nitrogens is 2. The van der Waals surface area contributed by atoms with Crippen LogP contribution in [-0.2, 0) is 12.8 Å². The number of fused-ring (bicyclic) bond motifs is 3. The lowest BCUT2D eigenvalue weighted by Gasteiger charge is -2.35. The Morgan fingerprint density at radius 1 is 1.04 bits per heavy atom. The van der Waals surface area contributed by atoms with E-state index in [0.29, 0.717) is 0 Å². The number of hydrogen-bond donors (Lipinski definition) is 0. The van der Waals surface area contributed by atoms with E-state index >= 15 is 0 Å². The van der Waals surface area contributed by atoms with Gasteiger partial charge in [0.25, 0.3) is 0 Å². The smallest absolute Gasteiger partial charge is 0.141 e. The van der Waals surface area contributed by atoms with Gasteiger partial charge in [-0.1, -0.05) is 42.5 Å². The number of benzene rings is 1. The standard InChI is InChI=1S/C23H26N4S/c1-17-24-22(21-19-10-5-11-20(19)28-23(21)25-17)27-15-13-26(14-16-27)12-6-9-18-7-3-2-4-8-18/h2-4,6-9H,5,10-16H2,1H3/b9-6+. The summed E-state index contributed by atoms with van der Waals surface area (Å²) in [6, 6.07) is 10.5. The van der Waals surface area contributed by atoms with Gasteiger partial charge in [-0.3, -0.25) is 4.90 Å². The first-order valence-electron chi connectivity index (χ1n) is 10.3. The van der Waals surface area contributed by atoms with Crippen molar-refractivity contribution in [1.29, 1.82) is 0 Å². The fourth-order valence-electron chi connectivity index (χ4n) is 4.35. The minimum Gasteiger partial charge on any atom is -0.353 e. The highest BCUT2D eigenvalue weighted by Gasteiger charge is 2.26. The van der Waals surface area contributed by atoms with Crippen LogP contribution >= 0.6 is 11.3 Å². The molecule has 0 amide bonds. The average Bonchev–Trinajstić information content (AvgIpc) is 3.29. The molecule has 0 bridgehead atoms. The molecule has 4 nitrogen and oxygen atoms in total. The molecule has 0 radical (unpaired) electrons. The SMILES string of the molecule is Cc1nc(N2CCN(C/C=C/c3ccccc3)CC2)c2c3c(sc2n1)CCC3. The van der Waals surface area contributed by atoms with Gasteiger partial charge in [0.2, 0.25) is 0 Å². The molecule has 0 N–H and O–H groups in total. The molecule has 0 atom stereocenters. The number of anilines is 1. The molecule has 0 unspecified atom stereocenters. The van der Waals surface area contributed by atoms with Gasteiger partial charge in [0.15, 0.2) is 0 Å². The van der Waals surface area contributed by atoms with Crippen molar-refractivity contribution >= 4 is 33.4 Å². The Morgan fingerprint density at radius 2 is 1.86 bits per heavy atom. The molecular weight excluding hydrogens is 364 g/mol. The Labute approximate surface area is 170 Å². The van der Waals surface area contributed by atoms with Crippen LogP contribution in [0.25, 0.3) is 16.3 Å². The van der Waals surface area contributed by atoms with E-state index in [2.05, 4.69) is 52.3 Å². The minimum atomic E-state index is 0.899. The molecule has 1 fully saturated rings. The average molecular weight is 391 g/mol. The maximum Gasteiger partial charge on any atom is 0.141 e. The predicted octanol–water partition coefficient (Wildman–Crippen LogP) is 4.32. The highest BCUT2D eigenvalue weighted by atomic mass is 32.1. The molecule has 0 spiro atoms. The summed E-state index contributed by atoms with van der Waals surface area (Å²) in [5, 5.41) is 1.35. The summed E-state index contributed by atoms with van der Waals surface area (Å²) in [6.07, 6.45) is 8.20. The van der Waals surface area contributed by atoms with Gasteiger partial charge in [-0.2, -0.15) is 0 Å². The van der Waals surface area contributed by atoms with Crippen molar-refractivity contribution in [3.05, 3.63) is 58.2 Å². The summed E-state index contributed by atoms with van der Waals surface area (Å²) < 4.78 is 0. The van der Waals surface area contributed by atoms with Gasteiger partial charge in [0.05, 0.1) is 5.39 Å². The van der Waals surface area contributed by atoms with E-state index in [1.54, 1.807) is 4.88 Å². The van der Waals surface area contributed by atoms with Crippen LogP contribution in [0.5, 0.6) is 0 Å². The summed E-state index contributed by atoms with van der Waals surface area (Å²) in [4.78, 5) is 17.4. The zero-order chi connectivity index (χ0) is 18.9. The molecule has 3 heterocycles. The summed E-state index contributed by atoms with van der Waals surface area (Å²) in [5.74, 6) is 2.08. The summed E-state index contributed by atoms with van der Waals surface area (Å²) in [7, 11) is 0. The van der Waals surface area contributed by atoms with Gasteiger partial charge in [0.1, 0.15) is 16.5 Å². The Morgan fingerprint density at radius 3 is 2.68 bits per heavy atom. The fraction of sp³-hybridized carbons (Fsp3) is 0.391. The molecule has 0 saturated carbocycles. The van der Waals surface area contributed by atoms with E-state index < -0.39 is 0 Å². The molecule has 144 valence electrons. The van der Waals surface area contributed by atoms with Crippen LogP contribution in [0.15, 0.2) is 36.4 Å². The van der Waals surface area contributed by atoms with Gasteiger partial charge in [-0.25, -0.2) is 9.97 Å². The van der Waals surface area contributed by atoms with E-state index in [9.17, 15) is 0 Å². The molecule has 1 aliphatic heterocycles. The quantitative estimate of drug-likeness (QED) is 0.664. The van der Waals surface area contributed by atoms with Crippen LogP contribution < -0.4 is 4.90 Å². The van der Waals surface area contributed by atoms with Crippen molar-refractivity contribution in [3.8, 4) is 0 Å². The largest absolute Gasteiger partial charge is 0.353 e. The maximum atomic E-state index is 4.89. The van der Waals surface area contributed by atoms with Crippen molar-refractivity contribution in [3.63, 3.8) is 0 Å². The van der Waals surface area contributed by atoms with E-state index in [-0.39, 0.29) is 0 Å². The zero-order valence-electron chi connectivity index (χ0n) is 16.4. The Bertz CT molecular complexity index is 1000. The Hall–Kier alpha value is -2.24. The molecule has 2 aliphatic rings. The number of aryl methyl sites for hydroxylation is 3. The summed E-state index contributed by atoms with van der Waals surface area (Å²) in [5.41, 5.74) is 2.80. The molecular formula is C23H26N4S. The number of thiophene rings is 1. The third-order valence-corrected chi connectivity index (χ3v) is 6.99. The van der Waals surface area contributed by atoms with Gasteiger partial charge in [0, 0.05) is 37.6 Å². The van der Waals surface area contributed by atoms with Gasteiger partial charge < -0.3 is 4.90 Å². The highest BCUT2D eigenvalue weighted by Crippen LogP contribution is 2.40. The van der Waals surface area contributed by atoms with Crippen LogP contribution in [0.3, 0.4) is 0 Å². The Kier molecular flexibility index (Phi) is 4.87. The molecule has 28 heavy (non-hydrogen) atoms. The van der Waals surface area contributed by atoms with Crippen LogP contribution in [0.4, 0.5) is 5.82 Å². The van der Waals surface area contributed by atoms with E-state index in [0.717, 1.165) is 38.5 Å². The van der Waals surface area contributed by atoms with Crippen LogP contribution in [0.1, 0.15) is 28.2 Å². The lowest BCUT2D eigenvalue weighted by molar-refractivity contribution is 0.284. The summed E-state index contributed by atoms with van der Waals surface area (Å²) >= 11 is 1.89. The lowest BCUT2D eigenvalue weighted by atomic mass is 10.1. The lowest BCUT2D eigenvalue weighted by Crippen LogP contribution is -2.46. The third kappa shape index (κ3) is 3.45. The second-order valence-electron chi connectivity index (χ2n) is 7.73. The molecule has 1 saturated heterocycles. The normalized spacial score (nSPS) is 17.7. The Balaban J connectivity index is 1.29. The van der Waals surface area contributed by atoms with Crippen molar-refractivity contribution in [2.75, 3.05) is 37.6 Å². The highest BCUT2D eigenvalue weighted by molar-refractivity contribution is 7.19. The van der Waals surface area contributed by atoms with Crippen LogP contribution in [-0.4, -0.2) is 47.6 Å². The van der Waals surface area contributed by atoms with E-state index in [4.69, 9.17) is 9.97 Å². The van der Waals surface area contributed by atoms with E-state index in [1.165, 1.54) is 46.4 Å². The van der Waals surface area contributed by atoms with Crippen molar-refractivity contribution in [2.45, 2.75) is 26.2 Å². The first-order valence-corrected chi connectivity index (χ1v) is 11.1. The monoisotopic (exact) mass is 390 g/mol. The maximum absolute atomic E-state index is 4.89. The van der Waals surface area contributed by atoms with Crippen LogP contribution in [0, 0.1) is 6.92 Å². The molecule has 3 aromatic rings. The van der Waals surface area contributed by atoms with Gasteiger partial charge in [-0.15, -0.1) is 11.3 Å². The molecule has 2 aromatic heterocycles. The second-order valence-corrected chi connectivity index (χ2v) is 8.82. The molecule has 5 heteroatoms. The van der Waals surface area contributed by atoms with E-state index in [1.807, 2.05) is 18.3 Å². The number of nitrogens with zero attached hydrogens (tertiary/aromatic N) is 4.